The Morgan fingerprint density at radius 1 is 1.23 bits per heavy atom. The lowest BCUT2D eigenvalue weighted by atomic mass is 10.2. The maximum absolute atomic E-state index is 10.5. The molecule has 74 valence electrons. The van der Waals surface area contributed by atoms with Crippen LogP contribution < -0.4 is 0 Å². The minimum atomic E-state index is 0.605. The van der Waals surface area contributed by atoms with E-state index in [1.54, 1.807) is 0 Å². The molecule has 2 heterocycles. The summed E-state index contributed by atoms with van der Waals surface area (Å²) in [6.07, 6.45) is 2.10. The van der Waals surface area contributed by atoms with E-state index in [1.165, 1.54) is 0 Å². The third-order valence-corrected chi connectivity index (χ3v) is 2.92. The zero-order chi connectivity index (χ0) is 9.10. The normalized spacial score (nSPS) is 30.8. The quantitative estimate of drug-likeness (QED) is 0.545. The van der Waals surface area contributed by atoms with Gasteiger partial charge in [-0.2, -0.15) is 0 Å². The molecular weight excluding hydrogens is 168 g/mol. The van der Waals surface area contributed by atoms with Crippen LogP contribution in [0.15, 0.2) is 0 Å². The van der Waals surface area contributed by atoms with Crippen LogP contribution in [0, 0.1) is 0 Å². The van der Waals surface area contributed by atoms with Gasteiger partial charge < -0.3 is 9.64 Å². The van der Waals surface area contributed by atoms with E-state index in [1.807, 2.05) is 4.90 Å². The Kier molecular flexibility index (Phi) is 2.80. The molecule has 0 spiro atoms. The van der Waals surface area contributed by atoms with Crippen LogP contribution in [0.4, 0.5) is 0 Å². The number of rotatable bonds is 2. The first-order valence-electron chi connectivity index (χ1n) is 4.91. The molecule has 0 aromatic rings. The molecule has 2 aliphatic heterocycles. The van der Waals surface area contributed by atoms with Gasteiger partial charge in [0.25, 0.3) is 0 Å². The van der Waals surface area contributed by atoms with E-state index in [0.29, 0.717) is 6.04 Å². The number of carbonyl (C=O) groups excluding carboxylic acids is 1. The molecule has 0 N–H and O–H groups in total. The number of piperazine rings is 1. The molecule has 0 bridgehead atoms. The van der Waals surface area contributed by atoms with Gasteiger partial charge in [0.2, 0.25) is 6.41 Å². The zero-order valence-corrected chi connectivity index (χ0v) is 7.82. The van der Waals surface area contributed by atoms with Gasteiger partial charge in [0, 0.05) is 38.8 Å². The monoisotopic (exact) mass is 184 g/mol. The Morgan fingerprint density at radius 2 is 2.00 bits per heavy atom. The fourth-order valence-electron chi connectivity index (χ4n) is 2.02. The number of nitrogens with zero attached hydrogens (tertiary/aromatic N) is 2. The summed E-state index contributed by atoms with van der Waals surface area (Å²) in [6, 6.07) is 0.605. The summed E-state index contributed by atoms with van der Waals surface area (Å²) in [7, 11) is 0. The number of hydrogen-bond donors (Lipinski definition) is 0. The fourth-order valence-corrected chi connectivity index (χ4v) is 2.02. The molecule has 2 saturated heterocycles. The highest BCUT2D eigenvalue weighted by Crippen LogP contribution is 2.13. The molecule has 2 aliphatic rings. The molecule has 2 fully saturated rings. The maximum atomic E-state index is 10.5. The lowest BCUT2D eigenvalue weighted by Gasteiger charge is -2.35. The average molecular weight is 184 g/mol. The van der Waals surface area contributed by atoms with Crippen molar-refractivity contribution in [1.82, 2.24) is 9.80 Å². The van der Waals surface area contributed by atoms with Gasteiger partial charge in [-0.05, 0) is 6.42 Å². The lowest BCUT2D eigenvalue weighted by molar-refractivity contribution is -0.120. The predicted molar refractivity (Wildman–Crippen MR) is 48.4 cm³/mol. The minimum Gasteiger partial charge on any atom is -0.380 e. The van der Waals surface area contributed by atoms with E-state index in [9.17, 15) is 4.79 Å². The van der Waals surface area contributed by atoms with Gasteiger partial charge in [-0.1, -0.05) is 0 Å². The van der Waals surface area contributed by atoms with Gasteiger partial charge in [-0.15, -0.1) is 0 Å². The third-order valence-electron chi connectivity index (χ3n) is 2.92. The van der Waals surface area contributed by atoms with Crippen LogP contribution in [0.1, 0.15) is 6.42 Å². The topological polar surface area (TPSA) is 32.8 Å². The van der Waals surface area contributed by atoms with Gasteiger partial charge >= 0.3 is 0 Å². The first-order chi connectivity index (χ1) is 6.40. The third kappa shape index (κ3) is 2.00. The Morgan fingerprint density at radius 3 is 2.54 bits per heavy atom. The van der Waals surface area contributed by atoms with Crippen LogP contribution in [0.2, 0.25) is 0 Å². The Labute approximate surface area is 78.4 Å². The molecular formula is C9H16N2O2. The van der Waals surface area contributed by atoms with E-state index >= 15 is 0 Å². The smallest absolute Gasteiger partial charge is 0.209 e. The van der Waals surface area contributed by atoms with Crippen molar-refractivity contribution in [3.63, 3.8) is 0 Å². The van der Waals surface area contributed by atoms with Crippen LogP contribution in [-0.4, -0.2) is 61.6 Å². The maximum Gasteiger partial charge on any atom is 0.209 e. The summed E-state index contributed by atoms with van der Waals surface area (Å²) in [5.74, 6) is 0. The van der Waals surface area contributed by atoms with Gasteiger partial charge in [-0.3, -0.25) is 9.69 Å². The van der Waals surface area contributed by atoms with Crippen molar-refractivity contribution in [3.8, 4) is 0 Å². The molecule has 0 aromatic heterocycles. The van der Waals surface area contributed by atoms with Crippen LogP contribution in [0.5, 0.6) is 0 Å². The zero-order valence-electron chi connectivity index (χ0n) is 7.82. The van der Waals surface area contributed by atoms with Crippen molar-refractivity contribution in [3.05, 3.63) is 0 Å². The summed E-state index contributed by atoms with van der Waals surface area (Å²) in [5.41, 5.74) is 0. The first-order valence-corrected chi connectivity index (χ1v) is 4.91. The minimum absolute atomic E-state index is 0.605. The number of carbonyl (C=O) groups is 1. The second kappa shape index (κ2) is 4.07. The summed E-state index contributed by atoms with van der Waals surface area (Å²) in [6.45, 7) is 5.54. The Balaban J connectivity index is 1.79. The van der Waals surface area contributed by atoms with Gasteiger partial charge in [-0.25, -0.2) is 0 Å². The van der Waals surface area contributed by atoms with Crippen molar-refractivity contribution in [2.75, 3.05) is 39.4 Å². The second-order valence-electron chi connectivity index (χ2n) is 3.69. The molecule has 0 aromatic carbocycles. The van der Waals surface area contributed by atoms with Crippen molar-refractivity contribution in [2.45, 2.75) is 12.5 Å². The molecule has 1 atom stereocenters. The van der Waals surface area contributed by atoms with Crippen LogP contribution >= 0.6 is 0 Å². The van der Waals surface area contributed by atoms with Crippen LogP contribution in [0.25, 0.3) is 0 Å². The summed E-state index contributed by atoms with van der Waals surface area (Å²) in [5, 5.41) is 0. The van der Waals surface area contributed by atoms with E-state index < -0.39 is 0 Å². The number of hydrogen-bond acceptors (Lipinski definition) is 3. The largest absolute Gasteiger partial charge is 0.380 e. The highest BCUT2D eigenvalue weighted by molar-refractivity contribution is 5.47. The van der Waals surface area contributed by atoms with E-state index in [0.717, 1.165) is 52.2 Å². The van der Waals surface area contributed by atoms with Crippen molar-refractivity contribution in [2.24, 2.45) is 0 Å². The molecule has 0 radical (unpaired) electrons. The van der Waals surface area contributed by atoms with Crippen molar-refractivity contribution >= 4 is 6.41 Å². The van der Waals surface area contributed by atoms with Gasteiger partial charge in [0.05, 0.1) is 6.61 Å². The molecule has 2 rings (SSSR count). The molecule has 1 unspecified atom stereocenters. The van der Waals surface area contributed by atoms with Crippen LogP contribution in [0.3, 0.4) is 0 Å². The fraction of sp³-hybridized carbons (Fsp3) is 0.889. The predicted octanol–water partition coefficient (Wildman–Crippen LogP) is -0.451. The number of amides is 1. The van der Waals surface area contributed by atoms with E-state index in [-0.39, 0.29) is 0 Å². The standard InChI is InChI=1S/C9H16N2O2/c12-8-10-2-4-11(5-3-10)9-1-6-13-7-9/h8-9H,1-7H2. The average Bonchev–Trinajstić information content (AvgIpc) is 2.71. The SMILES string of the molecule is O=CN1CCN(C2CCOC2)CC1. The van der Waals surface area contributed by atoms with Gasteiger partial charge in [0.15, 0.2) is 0 Å². The molecule has 4 heteroatoms. The summed E-state index contributed by atoms with van der Waals surface area (Å²) in [4.78, 5) is 14.7. The Bertz CT molecular complexity index is 172. The Hall–Kier alpha value is -0.610. The van der Waals surface area contributed by atoms with Crippen molar-refractivity contribution in [1.29, 1.82) is 0 Å². The van der Waals surface area contributed by atoms with E-state index in [4.69, 9.17) is 4.74 Å². The summed E-state index contributed by atoms with van der Waals surface area (Å²) >= 11 is 0. The lowest BCUT2D eigenvalue weighted by Crippen LogP contribution is -2.50. The van der Waals surface area contributed by atoms with Crippen molar-refractivity contribution < 1.29 is 9.53 Å². The molecule has 0 saturated carbocycles. The highest BCUT2D eigenvalue weighted by Gasteiger charge is 2.25. The first kappa shape index (κ1) is 8.97. The number of ether oxygens (including phenoxy) is 1. The van der Waals surface area contributed by atoms with E-state index in [2.05, 4.69) is 4.90 Å². The molecule has 4 nitrogen and oxygen atoms in total. The van der Waals surface area contributed by atoms with Crippen LogP contribution in [-0.2, 0) is 9.53 Å². The highest BCUT2D eigenvalue weighted by atomic mass is 16.5. The molecule has 1 amide bonds. The van der Waals surface area contributed by atoms with Gasteiger partial charge in [0.1, 0.15) is 0 Å². The molecule has 0 aliphatic carbocycles. The summed E-state index contributed by atoms with van der Waals surface area (Å²) < 4.78 is 5.34. The molecule has 13 heavy (non-hydrogen) atoms. The second-order valence-corrected chi connectivity index (χ2v) is 3.69.